The molecule has 1 aliphatic heterocycles. The quantitative estimate of drug-likeness (QED) is 0.282. The lowest BCUT2D eigenvalue weighted by molar-refractivity contribution is -0.144. The number of esters is 2. The Bertz CT molecular complexity index is 1060. The number of carbonyl (C=O) groups is 3. The molecular formula is C27H30INO5. The molecule has 0 saturated heterocycles. The van der Waals surface area contributed by atoms with Gasteiger partial charge in [0.15, 0.2) is 0 Å². The molecule has 34 heavy (non-hydrogen) atoms. The molecule has 1 unspecified atom stereocenters. The molecule has 2 aromatic carbocycles. The van der Waals surface area contributed by atoms with E-state index in [4.69, 9.17) is 9.47 Å². The number of ether oxygens (including phenoxy) is 2. The summed E-state index contributed by atoms with van der Waals surface area (Å²) in [6, 6.07) is 17.6. The normalized spacial score (nSPS) is 17.8. The minimum absolute atomic E-state index is 0.0223. The zero-order valence-electron chi connectivity index (χ0n) is 19.8. The van der Waals surface area contributed by atoms with E-state index in [0.29, 0.717) is 17.8 Å². The van der Waals surface area contributed by atoms with Crippen molar-refractivity contribution >= 4 is 46.1 Å². The molecule has 1 atom stereocenters. The predicted octanol–water partition coefficient (Wildman–Crippen LogP) is 5.35. The van der Waals surface area contributed by atoms with Crippen molar-refractivity contribution in [3.05, 3.63) is 74.9 Å². The molecule has 1 aliphatic rings. The van der Waals surface area contributed by atoms with Gasteiger partial charge in [-0.2, -0.15) is 0 Å². The van der Waals surface area contributed by atoms with Crippen molar-refractivity contribution in [1.82, 2.24) is 4.90 Å². The molecule has 0 N–H and O–H groups in total. The van der Waals surface area contributed by atoms with E-state index >= 15 is 0 Å². The molecule has 1 amide bonds. The second-order valence-electron chi connectivity index (χ2n) is 8.33. The Balaban J connectivity index is 2.12. The maximum Gasteiger partial charge on any atom is 0.310 e. The van der Waals surface area contributed by atoms with Gasteiger partial charge in [-0.3, -0.25) is 14.4 Å². The molecular weight excluding hydrogens is 545 g/mol. The smallest absolute Gasteiger partial charge is 0.310 e. The maximum absolute atomic E-state index is 14.0. The van der Waals surface area contributed by atoms with Gasteiger partial charge in [0.1, 0.15) is 0 Å². The fourth-order valence-electron chi connectivity index (χ4n) is 4.29. The first-order valence-electron chi connectivity index (χ1n) is 11.5. The lowest BCUT2D eigenvalue weighted by atomic mass is 9.77. The summed E-state index contributed by atoms with van der Waals surface area (Å²) < 4.78 is 11.4. The van der Waals surface area contributed by atoms with Gasteiger partial charge in [0, 0.05) is 9.99 Å². The van der Waals surface area contributed by atoms with E-state index in [2.05, 4.69) is 22.6 Å². The molecule has 0 bridgehead atoms. The number of hydrogen-bond acceptors (Lipinski definition) is 5. The second-order valence-corrected chi connectivity index (χ2v) is 9.58. The summed E-state index contributed by atoms with van der Waals surface area (Å²) in [6.07, 6.45) is 0.311. The number of halogens is 1. The lowest BCUT2D eigenvalue weighted by Gasteiger charge is -2.27. The second kappa shape index (κ2) is 11.6. The number of hydrogen-bond donors (Lipinski definition) is 0. The lowest BCUT2D eigenvalue weighted by Crippen LogP contribution is -2.35. The van der Waals surface area contributed by atoms with Crippen molar-refractivity contribution in [2.75, 3.05) is 13.2 Å². The van der Waals surface area contributed by atoms with Crippen LogP contribution in [0, 0.1) is 8.99 Å². The van der Waals surface area contributed by atoms with Crippen LogP contribution < -0.4 is 0 Å². The SMILES string of the molecule is CCOC(=O)CCC1(C)C(=O)N(Cc2ccccc2)C(c2ccc(I)cc2)=C1CC(=O)OCC. The van der Waals surface area contributed by atoms with Crippen LogP contribution in [0.2, 0.25) is 0 Å². The van der Waals surface area contributed by atoms with Gasteiger partial charge in [-0.1, -0.05) is 42.5 Å². The summed E-state index contributed by atoms with van der Waals surface area (Å²) in [5.74, 6) is -0.880. The van der Waals surface area contributed by atoms with Gasteiger partial charge in [0.25, 0.3) is 0 Å². The Morgan fingerprint density at radius 1 is 0.941 bits per heavy atom. The van der Waals surface area contributed by atoms with Crippen molar-refractivity contribution in [3.8, 4) is 0 Å². The van der Waals surface area contributed by atoms with Gasteiger partial charge in [0.05, 0.1) is 37.3 Å². The van der Waals surface area contributed by atoms with Gasteiger partial charge >= 0.3 is 11.9 Å². The molecule has 0 fully saturated rings. The molecule has 7 heteroatoms. The molecule has 6 nitrogen and oxygen atoms in total. The highest BCUT2D eigenvalue weighted by Gasteiger charge is 2.50. The number of nitrogens with zero attached hydrogens (tertiary/aromatic N) is 1. The molecule has 180 valence electrons. The van der Waals surface area contributed by atoms with E-state index in [1.807, 2.05) is 61.5 Å². The van der Waals surface area contributed by atoms with Crippen LogP contribution in [0.25, 0.3) is 5.70 Å². The van der Waals surface area contributed by atoms with Crippen molar-refractivity contribution in [2.45, 2.75) is 46.6 Å². The van der Waals surface area contributed by atoms with Crippen LogP contribution in [-0.4, -0.2) is 36.0 Å². The summed E-state index contributed by atoms with van der Waals surface area (Å²) in [4.78, 5) is 40.6. The highest BCUT2D eigenvalue weighted by molar-refractivity contribution is 14.1. The first-order chi connectivity index (χ1) is 16.3. The van der Waals surface area contributed by atoms with Crippen LogP contribution in [0.1, 0.15) is 51.2 Å². The van der Waals surface area contributed by atoms with Gasteiger partial charge in [-0.25, -0.2) is 0 Å². The third-order valence-corrected chi connectivity index (χ3v) is 6.72. The van der Waals surface area contributed by atoms with Crippen LogP contribution >= 0.6 is 22.6 Å². The van der Waals surface area contributed by atoms with E-state index in [9.17, 15) is 14.4 Å². The zero-order valence-corrected chi connectivity index (χ0v) is 22.0. The Hall–Kier alpha value is -2.68. The van der Waals surface area contributed by atoms with Gasteiger partial charge in [-0.05, 0) is 78.6 Å². The molecule has 0 radical (unpaired) electrons. The average Bonchev–Trinajstić information content (AvgIpc) is 3.01. The van der Waals surface area contributed by atoms with Gasteiger partial charge < -0.3 is 14.4 Å². The Kier molecular flexibility index (Phi) is 8.88. The third kappa shape index (κ3) is 5.87. The Labute approximate surface area is 214 Å². The molecule has 1 heterocycles. The first-order valence-corrected chi connectivity index (χ1v) is 12.5. The predicted molar refractivity (Wildman–Crippen MR) is 138 cm³/mol. The van der Waals surface area contributed by atoms with Gasteiger partial charge in [-0.15, -0.1) is 0 Å². The molecule has 0 aliphatic carbocycles. The summed E-state index contributed by atoms with van der Waals surface area (Å²) in [5, 5.41) is 0. The summed E-state index contributed by atoms with van der Waals surface area (Å²) >= 11 is 2.24. The number of benzene rings is 2. The van der Waals surface area contributed by atoms with Crippen molar-refractivity contribution in [1.29, 1.82) is 0 Å². The molecule has 2 aromatic rings. The largest absolute Gasteiger partial charge is 0.466 e. The van der Waals surface area contributed by atoms with Crippen LogP contribution in [0.5, 0.6) is 0 Å². The van der Waals surface area contributed by atoms with Crippen LogP contribution in [-0.2, 0) is 30.4 Å². The monoisotopic (exact) mass is 575 g/mol. The van der Waals surface area contributed by atoms with E-state index in [1.54, 1.807) is 18.7 Å². The summed E-state index contributed by atoms with van der Waals surface area (Å²) in [7, 11) is 0. The van der Waals surface area contributed by atoms with Crippen molar-refractivity contribution in [3.63, 3.8) is 0 Å². The molecule has 0 spiro atoms. The Morgan fingerprint density at radius 2 is 1.56 bits per heavy atom. The topological polar surface area (TPSA) is 72.9 Å². The van der Waals surface area contributed by atoms with E-state index < -0.39 is 11.4 Å². The first kappa shape index (κ1) is 25.9. The highest BCUT2D eigenvalue weighted by atomic mass is 127. The van der Waals surface area contributed by atoms with E-state index in [0.717, 1.165) is 14.7 Å². The maximum atomic E-state index is 14.0. The molecule has 0 saturated carbocycles. The minimum atomic E-state index is -1.04. The number of amides is 1. The van der Waals surface area contributed by atoms with Crippen LogP contribution in [0.3, 0.4) is 0 Å². The molecule has 3 rings (SSSR count). The molecule has 0 aromatic heterocycles. The van der Waals surface area contributed by atoms with E-state index in [1.165, 1.54) is 0 Å². The number of carbonyl (C=O) groups excluding carboxylic acids is 3. The van der Waals surface area contributed by atoms with Crippen LogP contribution in [0.15, 0.2) is 60.2 Å². The summed E-state index contributed by atoms with van der Waals surface area (Å²) in [5.41, 5.74) is 2.18. The third-order valence-electron chi connectivity index (χ3n) is 6.00. The fourth-order valence-corrected chi connectivity index (χ4v) is 4.65. The zero-order chi connectivity index (χ0) is 24.7. The van der Waals surface area contributed by atoms with Crippen molar-refractivity contribution < 1.29 is 23.9 Å². The average molecular weight is 575 g/mol. The summed E-state index contributed by atoms with van der Waals surface area (Å²) in [6.45, 7) is 6.23. The number of rotatable bonds is 10. The fraction of sp³-hybridized carbons (Fsp3) is 0.370. The van der Waals surface area contributed by atoms with Crippen molar-refractivity contribution in [2.24, 2.45) is 5.41 Å². The highest BCUT2D eigenvalue weighted by Crippen LogP contribution is 2.49. The standard InChI is InChI=1S/C27H30INO5/c1-4-33-23(30)15-16-27(3)22(17-24(31)34-5-2)25(20-11-13-21(28)14-12-20)29(26(27)32)18-19-9-7-6-8-10-19/h6-14H,4-5,15-18H2,1-3H3. The Morgan fingerprint density at radius 3 is 2.18 bits per heavy atom. The van der Waals surface area contributed by atoms with Crippen LogP contribution in [0.4, 0.5) is 0 Å². The minimum Gasteiger partial charge on any atom is -0.466 e. The van der Waals surface area contributed by atoms with Gasteiger partial charge in [0.2, 0.25) is 5.91 Å². The van der Waals surface area contributed by atoms with E-state index in [-0.39, 0.29) is 44.4 Å².